The molecule has 0 aromatic heterocycles. The largest absolute Gasteiger partial charge is 0.397 e. The van der Waals surface area contributed by atoms with E-state index in [4.69, 9.17) is 11.5 Å². The van der Waals surface area contributed by atoms with Gasteiger partial charge in [-0.3, -0.25) is 4.79 Å². The number of hydrogen-bond donors (Lipinski definition) is 2. The molecule has 22 heavy (non-hydrogen) atoms. The molecule has 1 heterocycles. The summed E-state index contributed by atoms with van der Waals surface area (Å²) in [5.41, 5.74) is 14.4. The summed E-state index contributed by atoms with van der Waals surface area (Å²) >= 11 is 0. The minimum absolute atomic E-state index is 0.0464. The number of anilines is 2. The van der Waals surface area contributed by atoms with Gasteiger partial charge < -0.3 is 16.4 Å². The molecule has 2 aromatic carbocycles. The third-order valence-corrected chi connectivity index (χ3v) is 4.29. The van der Waals surface area contributed by atoms with Crippen LogP contribution in [0.1, 0.15) is 28.8 Å². The van der Waals surface area contributed by atoms with E-state index in [1.165, 1.54) is 5.56 Å². The van der Waals surface area contributed by atoms with Crippen LogP contribution in [-0.4, -0.2) is 23.4 Å². The molecule has 0 saturated carbocycles. The minimum Gasteiger partial charge on any atom is -0.397 e. The lowest BCUT2D eigenvalue weighted by molar-refractivity contribution is 0.0736. The summed E-state index contributed by atoms with van der Waals surface area (Å²) in [4.78, 5) is 14.7. The standard InChI is InChI=1S/C18H21N3O/c19-16-9-8-14(12-17(16)20)18(22)21-10-4-7-15(21)11-13-5-2-1-3-6-13/h1-3,5-6,8-9,12,15H,4,7,10-11,19-20H2. The highest BCUT2D eigenvalue weighted by atomic mass is 16.2. The number of hydrogen-bond acceptors (Lipinski definition) is 3. The Morgan fingerprint density at radius 1 is 1.09 bits per heavy atom. The molecule has 3 rings (SSSR count). The number of nitrogens with two attached hydrogens (primary N) is 2. The summed E-state index contributed by atoms with van der Waals surface area (Å²) in [7, 11) is 0. The molecule has 1 aliphatic heterocycles. The number of benzene rings is 2. The predicted octanol–water partition coefficient (Wildman–Crippen LogP) is 2.70. The monoisotopic (exact) mass is 295 g/mol. The Bertz CT molecular complexity index is 669. The third kappa shape index (κ3) is 2.91. The van der Waals surface area contributed by atoms with Gasteiger partial charge in [0, 0.05) is 18.2 Å². The molecule has 4 nitrogen and oxygen atoms in total. The van der Waals surface area contributed by atoms with Gasteiger partial charge in [-0.2, -0.15) is 0 Å². The van der Waals surface area contributed by atoms with E-state index in [2.05, 4.69) is 12.1 Å². The number of amides is 1. The maximum absolute atomic E-state index is 12.7. The lowest BCUT2D eigenvalue weighted by Crippen LogP contribution is -2.36. The van der Waals surface area contributed by atoms with Gasteiger partial charge in [-0.15, -0.1) is 0 Å². The van der Waals surface area contributed by atoms with Crippen LogP contribution in [0.5, 0.6) is 0 Å². The Balaban J connectivity index is 1.77. The summed E-state index contributed by atoms with van der Waals surface area (Å²) < 4.78 is 0. The van der Waals surface area contributed by atoms with E-state index in [-0.39, 0.29) is 11.9 Å². The van der Waals surface area contributed by atoms with Crippen LogP contribution in [0.3, 0.4) is 0 Å². The zero-order valence-corrected chi connectivity index (χ0v) is 12.5. The quantitative estimate of drug-likeness (QED) is 0.855. The Kier molecular flexibility index (Phi) is 4.00. The molecule has 0 aliphatic carbocycles. The number of rotatable bonds is 3. The Morgan fingerprint density at radius 3 is 2.59 bits per heavy atom. The normalized spacial score (nSPS) is 17.6. The van der Waals surface area contributed by atoms with Gasteiger partial charge in [-0.25, -0.2) is 0 Å². The van der Waals surface area contributed by atoms with Crippen molar-refractivity contribution in [2.75, 3.05) is 18.0 Å². The first-order chi connectivity index (χ1) is 10.6. The zero-order valence-electron chi connectivity index (χ0n) is 12.5. The second-order valence-corrected chi connectivity index (χ2v) is 5.83. The van der Waals surface area contributed by atoms with Crippen LogP contribution >= 0.6 is 0 Å². The van der Waals surface area contributed by atoms with Crippen molar-refractivity contribution >= 4 is 17.3 Å². The molecule has 4 N–H and O–H groups in total. The first kappa shape index (κ1) is 14.4. The van der Waals surface area contributed by atoms with Gasteiger partial charge in [-0.05, 0) is 43.0 Å². The highest BCUT2D eigenvalue weighted by Gasteiger charge is 2.29. The maximum atomic E-state index is 12.7. The second-order valence-electron chi connectivity index (χ2n) is 5.83. The van der Waals surface area contributed by atoms with Crippen LogP contribution in [0.2, 0.25) is 0 Å². The molecule has 4 heteroatoms. The topological polar surface area (TPSA) is 72.4 Å². The fraction of sp³-hybridized carbons (Fsp3) is 0.278. The lowest BCUT2D eigenvalue weighted by Gasteiger charge is -2.25. The third-order valence-electron chi connectivity index (χ3n) is 4.29. The zero-order chi connectivity index (χ0) is 15.5. The van der Waals surface area contributed by atoms with Gasteiger partial charge in [0.05, 0.1) is 11.4 Å². The van der Waals surface area contributed by atoms with Crippen LogP contribution in [0.25, 0.3) is 0 Å². The highest BCUT2D eigenvalue weighted by Crippen LogP contribution is 2.25. The summed E-state index contributed by atoms with van der Waals surface area (Å²) in [6.45, 7) is 0.806. The van der Waals surface area contributed by atoms with Crippen molar-refractivity contribution in [2.45, 2.75) is 25.3 Å². The summed E-state index contributed by atoms with van der Waals surface area (Å²) in [5, 5.41) is 0. The van der Waals surface area contributed by atoms with Crippen LogP contribution in [0.15, 0.2) is 48.5 Å². The molecule has 1 atom stereocenters. The number of nitrogens with zero attached hydrogens (tertiary/aromatic N) is 1. The van der Waals surface area contributed by atoms with E-state index in [9.17, 15) is 4.79 Å². The molecule has 1 saturated heterocycles. The Labute approximate surface area is 130 Å². The summed E-state index contributed by atoms with van der Waals surface area (Å²) in [5.74, 6) is 0.0464. The van der Waals surface area contributed by atoms with E-state index in [0.29, 0.717) is 16.9 Å². The van der Waals surface area contributed by atoms with Gasteiger partial charge in [0.25, 0.3) is 5.91 Å². The SMILES string of the molecule is Nc1ccc(C(=O)N2CCCC2Cc2ccccc2)cc1N. The number of nitrogen functional groups attached to an aromatic ring is 2. The Morgan fingerprint density at radius 2 is 1.86 bits per heavy atom. The van der Waals surface area contributed by atoms with Crippen LogP contribution in [0.4, 0.5) is 11.4 Å². The lowest BCUT2D eigenvalue weighted by atomic mass is 10.0. The van der Waals surface area contributed by atoms with Gasteiger partial charge >= 0.3 is 0 Å². The molecule has 1 amide bonds. The van der Waals surface area contributed by atoms with Crippen molar-refractivity contribution in [3.8, 4) is 0 Å². The molecule has 2 aromatic rings. The number of carbonyl (C=O) groups excluding carboxylic acids is 1. The number of carbonyl (C=O) groups is 1. The molecule has 1 aliphatic rings. The second kappa shape index (κ2) is 6.10. The Hall–Kier alpha value is -2.49. The summed E-state index contributed by atoms with van der Waals surface area (Å²) in [6, 6.07) is 15.7. The highest BCUT2D eigenvalue weighted by molar-refractivity contribution is 5.96. The minimum atomic E-state index is 0.0464. The first-order valence-corrected chi connectivity index (χ1v) is 7.65. The van der Waals surface area contributed by atoms with Crippen molar-refractivity contribution in [1.29, 1.82) is 0 Å². The van der Waals surface area contributed by atoms with Crippen molar-refractivity contribution < 1.29 is 4.79 Å². The van der Waals surface area contributed by atoms with Crippen LogP contribution < -0.4 is 11.5 Å². The van der Waals surface area contributed by atoms with Crippen molar-refractivity contribution in [3.63, 3.8) is 0 Å². The molecule has 0 spiro atoms. The average molecular weight is 295 g/mol. The van der Waals surface area contributed by atoms with Crippen LogP contribution in [-0.2, 0) is 6.42 Å². The fourth-order valence-electron chi connectivity index (χ4n) is 3.08. The first-order valence-electron chi connectivity index (χ1n) is 7.65. The van der Waals surface area contributed by atoms with E-state index in [1.54, 1.807) is 18.2 Å². The molecule has 114 valence electrons. The predicted molar refractivity (Wildman–Crippen MR) is 89.5 cm³/mol. The van der Waals surface area contributed by atoms with Crippen LogP contribution in [0, 0.1) is 0 Å². The van der Waals surface area contributed by atoms with E-state index in [1.807, 2.05) is 23.1 Å². The molecule has 1 fully saturated rings. The molecule has 1 unspecified atom stereocenters. The van der Waals surface area contributed by atoms with Gasteiger partial charge in [0.15, 0.2) is 0 Å². The van der Waals surface area contributed by atoms with Crippen molar-refractivity contribution in [2.24, 2.45) is 0 Å². The van der Waals surface area contributed by atoms with E-state index in [0.717, 1.165) is 25.8 Å². The summed E-state index contributed by atoms with van der Waals surface area (Å²) in [6.07, 6.45) is 3.00. The smallest absolute Gasteiger partial charge is 0.254 e. The van der Waals surface area contributed by atoms with E-state index < -0.39 is 0 Å². The average Bonchev–Trinajstić information content (AvgIpc) is 2.98. The van der Waals surface area contributed by atoms with Crippen molar-refractivity contribution in [3.05, 3.63) is 59.7 Å². The number of likely N-dealkylation sites (tertiary alicyclic amines) is 1. The molecule has 0 bridgehead atoms. The van der Waals surface area contributed by atoms with Crippen molar-refractivity contribution in [1.82, 2.24) is 4.90 Å². The maximum Gasteiger partial charge on any atom is 0.254 e. The molecule has 0 radical (unpaired) electrons. The van der Waals surface area contributed by atoms with Gasteiger partial charge in [0.1, 0.15) is 0 Å². The molecular weight excluding hydrogens is 274 g/mol. The van der Waals surface area contributed by atoms with Gasteiger partial charge in [0.2, 0.25) is 0 Å². The van der Waals surface area contributed by atoms with Gasteiger partial charge in [-0.1, -0.05) is 30.3 Å². The molecular formula is C18H21N3O. The van der Waals surface area contributed by atoms with E-state index >= 15 is 0 Å². The fourth-order valence-corrected chi connectivity index (χ4v) is 3.08.